The fraction of sp³-hybridized carbons (Fsp3) is 0.150. The highest BCUT2D eigenvalue weighted by atomic mass is 79.9. The number of hydrogen-bond acceptors (Lipinski definition) is 6. The molecule has 0 aliphatic carbocycles. The molecule has 170 valence electrons. The second-order valence-electron chi connectivity index (χ2n) is 6.66. The van der Waals surface area contributed by atoms with Crippen molar-refractivity contribution in [1.29, 1.82) is 0 Å². The summed E-state index contributed by atoms with van der Waals surface area (Å²) in [7, 11) is 0. The van der Waals surface area contributed by atoms with Gasteiger partial charge in [0.25, 0.3) is 11.8 Å². The van der Waals surface area contributed by atoms with Gasteiger partial charge in [0.1, 0.15) is 10.3 Å². The minimum absolute atomic E-state index is 0.170. The van der Waals surface area contributed by atoms with Crippen LogP contribution in [0.1, 0.15) is 21.0 Å². The lowest BCUT2D eigenvalue weighted by atomic mass is 10.2. The van der Waals surface area contributed by atoms with Gasteiger partial charge >= 0.3 is 0 Å². The van der Waals surface area contributed by atoms with Crippen LogP contribution in [0.5, 0.6) is 0 Å². The molecule has 0 radical (unpaired) electrons. The van der Waals surface area contributed by atoms with Gasteiger partial charge in [-0.15, -0.1) is 0 Å². The standard InChI is InChI=1S/C20H16Br2ClN7O2S/c1-33-8-7-25-20(32)17-16(12(21)9-11-4-6-26-29(11)17)27-19(31)14-10-15(22)28-30(14)18-13(23)3-2-5-24-18/h2-6,9-10H,7-8H2,1H3,(H,25,32)(H,27,31). The number of thioether (sulfide) groups is 1. The lowest BCUT2D eigenvalue weighted by Crippen LogP contribution is -2.30. The van der Waals surface area contributed by atoms with E-state index in [1.807, 2.05) is 6.26 Å². The number of anilines is 1. The summed E-state index contributed by atoms with van der Waals surface area (Å²) in [4.78, 5) is 30.6. The van der Waals surface area contributed by atoms with Crippen LogP contribution in [-0.4, -0.2) is 54.7 Å². The number of nitrogens with one attached hydrogen (secondary N) is 2. The van der Waals surface area contributed by atoms with Crippen molar-refractivity contribution in [2.24, 2.45) is 0 Å². The third-order valence-electron chi connectivity index (χ3n) is 4.53. The molecule has 0 atom stereocenters. The maximum atomic E-state index is 13.3. The number of rotatable bonds is 7. The summed E-state index contributed by atoms with van der Waals surface area (Å²) in [6.45, 7) is 0.473. The molecule has 13 heteroatoms. The number of nitrogens with zero attached hydrogens (tertiary/aromatic N) is 5. The smallest absolute Gasteiger partial charge is 0.274 e. The molecule has 0 unspecified atom stereocenters. The molecule has 0 spiro atoms. The van der Waals surface area contributed by atoms with E-state index < -0.39 is 5.91 Å². The van der Waals surface area contributed by atoms with Crippen LogP contribution >= 0.6 is 55.2 Å². The van der Waals surface area contributed by atoms with Gasteiger partial charge in [0.15, 0.2) is 11.5 Å². The number of pyridine rings is 2. The Balaban J connectivity index is 1.75. The minimum Gasteiger partial charge on any atom is -0.350 e. The Bertz CT molecular complexity index is 1360. The highest BCUT2D eigenvalue weighted by Crippen LogP contribution is 2.30. The van der Waals surface area contributed by atoms with Gasteiger partial charge in [-0.1, -0.05) is 11.6 Å². The van der Waals surface area contributed by atoms with Gasteiger partial charge in [-0.05, 0) is 62.4 Å². The monoisotopic (exact) mass is 611 g/mol. The van der Waals surface area contributed by atoms with Gasteiger partial charge in [0.2, 0.25) is 0 Å². The first-order chi connectivity index (χ1) is 15.9. The highest BCUT2D eigenvalue weighted by molar-refractivity contribution is 9.10. The Labute approximate surface area is 214 Å². The Morgan fingerprint density at radius 1 is 1.18 bits per heavy atom. The van der Waals surface area contributed by atoms with Crippen molar-refractivity contribution in [3.63, 3.8) is 0 Å². The van der Waals surface area contributed by atoms with Gasteiger partial charge in [0, 0.05) is 29.0 Å². The van der Waals surface area contributed by atoms with Crippen molar-refractivity contribution in [1.82, 2.24) is 29.7 Å². The zero-order chi connectivity index (χ0) is 23.5. The van der Waals surface area contributed by atoms with Crippen molar-refractivity contribution in [2.75, 3.05) is 23.9 Å². The maximum Gasteiger partial charge on any atom is 0.274 e. The number of amides is 2. The number of hydrogen-bond donors (Lipinski definition) is 2. The van der Waals surface area contributed by atoms with Crippen LogP contribution < -0.4 is 10.6 Å². The van der Waals surface area contributed by atoms with Crippen LogP contribution in [0.25, 0.3) is 11.3 Å². The Kier molecular flexibility index (Phi) is 7.37. The molecule has 4 aromatic heterocycles. The van der Waals surface area contributed by atoms with Gasteiger partial charge in [-0.3, -0.25) is 9.59 Å². The molecule has 2 N–H and O–H groups in total. The van der Waals surface area contributed by atoms with Gasteiger partial charge in [0.05, 0.1) is 22.4 Å². The van der Waals surface area contributed by atoms with Crippen LogP contribution in [0.2, 0.25) is 5.02 Å². The molecule has 0 aliphatic heterocycles. The van der Waals surface area contributed by atoms with Crippen molar-refractivity contribution >= 4 is 78.2 Å². The average Bonchev–Trinajstić information content (AvgIpc) is 3.40. The largest absolute Gasteiger partial charge is 0.350 e. The van der Waals surface area contributed by atoms with E-state index in [0.717, 1.165) is 5.75 Å². The van der Waals surface area contributed by atoms with Crippen molar-refractivity contribution in [3.8, 4) is 5.82 Å². The molecule has 33 heavy (non-hydrogen) atoms. The van der Waals surface area contributed by atoms with E-state index in [9.17, 15) is 9.59 Å². The first-order valence-corrected chi connectivity index (χ1v) is 12.9. The van der Waals surface area contributed by atoms with E-state index in [-0.39, 0.29) is 23.0 Å². The van der Waals surface area contributed by atoms with Gasteiger partial charge in [-0.25, -0.2) is 14.2 Å². The SMILES string of the molecule is CSCCNC(=O)c1c(NC(=O)c2cc(Br)nn2-c2ncccc2Cl)c(Br)cc2ccnn12. The second kappa shape index (κ2) is 10.2. The molecule has 4 heterocycles. The van der Waals surface area contributed by atoms with E-state index in [1.165, 1.54) is 9.20 Å². The zero-order valence-corrected chi connectivity index (χ0v) is 21.8. The first kappa shape index (κ1) is 23.7. The summed E-state index contributed by atoms with van der Waals surface area (Å²) >= 11 is 14.7. The molecule has 0 saturated carbocycles. The molecule has 0 saturated heterocycles. The van der Waals surface area contributed by atoms with Crippen LogP contribution in [0.4, 0.5) is 5.69 Å². The lowest BCUT2D eigenvalue weighted by molar-refractivity contribution is 0.0949. The number of fused-ring (bicyclic) bond motifs is 1. The van der Waals surface area contributed by atoms with Crippen LogP contribution in [-0.2, 0) is 0 Å². The summed E-state index contributed by atoms with van der Waals surface area (Å²) in [5.74, 6) is 0.172. The van der Waals surface area contributed by atoms with E-state index in [2.05, 4.69) is 57.7 Å². The fourth-order valence-corrected chi connectivity index (χ4v) is 4.50. The molecular formula is C20H16Br2ClN7O2S. The molecule has 4 rings (SSSR count). The number of carbonyl (C=O) groups is 2. The topological polar surface area (TPSA) is 106 Å². The second-order valence-corrected chi connectivity index (χ2v) is 9.72. The first-order valence-electron chi connectivity index (χ1n) is 9.52. The normalized spacial score (nSPS) is 11.0. The van der Waals surface area contributed by atoms with E-state index >= 15 is 0 Å². The fourth-order valence-electron chi connectivity index (χ4n) is 3.10. The lowest BCUT2D eigenvalue weighted by Gasteiger charge is -2.15. The zero-order valence-electron chi connectivity index (χ0n) is 17.1. The van der Waals surface area contributed by atoms with Crippen LogP contribution in [0.15, 0.2) is 51.8 Å². The number of carbonyl (C=O) groups excluding carboxylic acids is 2. The van der Waals surface area contributed by atoms with E-state index in [0.29, 0.717) is 32.0 Å². The summed E-state index contributed by atoms with van der Waals surface area (Å²) in [6, 6.07) is 8.41. The van der Waals surface area contributed by atoms with Crippen LogP contribution in [0, 0.1) is 0 Å². The van der Waals surface area contributed by atoms with Gasteiger partial charge < -0.3 is 10.6 Å². The number of halogens is 3. The third-order valence-corrected chi connectivity index (χ3v) is 6.45. The maximum absolute atomic E-state index is 13.3. The summed E-state index contributed by atoms with van der Waals surface area (Å²) in [6.07, 6.45) is 5.09. The quantitative estimate of drug-likeness (QED) is 0.299. The predicted octanol–water partition coefficient (Wildman–Crippen LogP) is 4.44. The molecule has 9 nitrogen and oxygen atoms in total. The van der Waals surface area contributed by atoms with Gasteiger partial charge in [-0.2, -0.15) is 22.0 Å². The summed E-state index contributed by atoms with van der Waals surface area (Å²) in [5, 5.41) is 14.6. The molecular weight excluding hydrogens is 598 g/mol. The van der Waals surface area contributed by atoms with Crippen molar-refractivity contribution in [3.05, 3.63) is 68.2 Å². The Hall–Kier alpha value is -2.41. The average molecular weight is 614 g/mol. The molecule has 2 amide bonds. The predicted molar refractivity (Wildman–Crippen MR) is 136 cm³/mol. The summed E-state index contributed by atoms with van der Waals surface area (Å²) in [5.41, 5.74) is 1.33. The van der Waals surface area contributed by atoms with Crippen molar-refractivity contribution in [2.45, 2.75) is 0 Å². The molecule has 4 aromatic rings. The van der Waals surface area contributed by atoms with Crippen LogP contribution in [0.3, 0.4) is 0 Å². The highest BCUT2D eigenvalue weighted by Gasteiger charge is 2.24. The summed E-state index contributed by atoms with van der Waals surface area (Å²) < 4.78 is 3.77. The van der Waals surface area contributed by atoms with E-state index in [1.54, 1.807) is 54.5 Å². The molecule has 0 aliphatic rings. The van der Waals surface area contributed by atoms with Crippen molar-refractivity contribution < 1.29 is 9.59 Å². The van der Waals surface area contributed by atoms with E-state index in [4.69, 9.17) is 11.6 Å². The Morgan fingerprint density at radius 3 is 2.76 bits per heavy atom. The molecule has 0 fully saturated rings. The molecule has 0 bridgehead atoms. The number of aromatic nitrogens is 5. The molecule has 0 aromatic carbocycles. The Morgan fingerprint density at radius 2 is 2.00 bits per heavy atom. The third kappa shape index (κ3) is 4.93. The minimum atomic E-state index is -0.514.